The molecule has 3 rings (SSSR count). The van der Waals surface area contributed by atoms with Gasteiger partial charge in [-0.3, -0.25) is 14.5 Å². The number of sulfonamides is 1. The zero-order chi connectivity index (χ0) is 24.9. The lowest BCUT2D eigenvalue weighted by molar-refractivity contribution is 0.102. The average molecular weight is 485 g/mol. The molecule has 0 unspecified atom stereocenters. The van der Waals surface area contributed by atoms with Crippen LogP contribution in [0.3, 0.4) is 0 Å². The van der Waals surface area contributed by atoms with E-state index in [0.29, 0.717) is 29.7 Å². The number of aromatic amines is 1. The van der Waals surface area contributed by atoms with Crippen LogP contribution in [0, 0.1) is 0 Å². The molecular formula is C25H32N4O4S. The fraction of sp³-hybridized carbons (Fsp3) is 0.360. The Hall–Kier alpha value is -3.01. The van der Waals surface area contributed by atoms with Crippen molar-refractivity contribution in [3.05, 3.63) is 70.0 Å². The summed E-state index contributed by atoms with van der Waals surface area (Å²) < 4.78 is 27.4. The Kier molecular flexibility index (Phi) is 8.24. The molecule has 0 aliphatic carbocycles. The van der Waals surface area contributed by atoms with Crippen LogP contribution in [0.15, 0.2) is 58.2 Å². The molecular weight excluding hydrogens is 452 g/mol. The number of rotatable bonds is 10. The van der Waals surface area contributed by atoms with Crippen molar-refractivity contribution < 1.29 is 13.2 Å². The molecule has 2 aromatic carbocycles. The molecule has 2 N–H and O–H groups in total. The van der Waals surface area contributed by atoms with Crippen LogP contribution in [0.5, 0.6) is 0 Å². The average Bonchev–Trinajstić information content (AvgIpc) is 2.82. The molecule has 8 nitrogen and oxygen atoms in total. The summed E-state index contributed by atoms with van der Waals surface area (Å²) in [5.74, 6) is -0.478. The predicted molar refractivity (Wildman–Crippen MR) is 136 cm³/mol. The molecule has 1 amide bonds. The van der Waals surface area contributed by atoms with Crippen LogP contribution in [0.2, 0.25) is 0 Å². The zero-order valence-electron chi connectivity index (χ0n) is 20.1. The summed E-state index contributed by atoms with van der Waals surface area (Å²) in [5, 5.41) is 3.23. The van der Waals surface area contributed by atoms with Gasteiger partial charge in [0.1, 0.15) is 0 Å². The smallest absolute Gasteiger partial charge is 0.256 e. The van der Waals surface area contributed by atoms with Crippen molar-refractivity contribution in [3.63, 3.8) is 0 Å². The van der Waals surface area contributed by atoms with Gasteiger partial charge in [-0.05, 0) is 49.0 Å². The number of nitrogens with one attached hydrogen (secondary N) is 2. The Labute approximate surface area is 200 Å². The number of amides is 1. The number of hydrogen-bond donors (Lipinski definition) is 2. The van der Waals surface area contributed by atoms with Gasteiger partial charge in [0.2, 0.25) is 15.6 Å². The number of fused-ring (bicyclic) bond motifs is 1. The number of pyridine rings is 1. The van der Waals surface area contributed by atoms with Crippen molar-refractivity contribution in [3.8, 4) is 0 Å². The topological polar surface area (TPSA) is 103 Å². The molecule has 34 heavy (non-hydrogen) atoms. The second kappa shape index (κ2) is 10.9. The lowest BCUT2D eigenvalue weighted by Gasteiger charge is -2.19. The first kappa shape index (κ1) is 25.6. The minimum atomic E-state index is -3.72. The summed E-state index contributed by atoms with van der Waals surface area (Å²) >= 11 is 0. The van der Waals surface area contributed by atoms with Crippen LogP contribution in [-0.4, -0.2) is 54.7 Å². The molecule has 1 aromatic heterocycles. The molecule has 0 spiro atoms. The first-order valence-electron chi connectivity index (χ1n) is 11.5. The molecule has 1 heterocycles. The monoisotopic (exact) mass is 484 g/mol. The van der Waals surface area contributed by atoms with Gasteiger partial charge in [-0.15, -0.1) is 0 Å². The SMILES string of the molecule is CCN(CC)Cc1cccc(NC(=O)c2cc(=O)[nH]c3ccc(S(=O)(=O)N(CC)CC)cc23)c1. The normalized spacial score (nSPS) is 11.9. The molecule has 3 aromatic rings. The largest absolute Gasteiger partial charge is 0.322 e. The van der Waals surface area contributed by atoms with E-state index in [4.69, 9.17) is 0 Å². The lowest BCUT2D eigenvalue weighted by Crippen LogP contribution is -2.30. The van der Waals surface area contributed by atoms with E-state index in [1.165, 1.54) is 28.6 Å². The Balaban J connectivity index is 1.99. The number of carbonyl (C=O) groups is 1. The van der Waals surface area contributed by atoms with Gasteiger partial charge in [0, 0.05) is 42.3 Å². The van der Waals surface area contributed by atoms with Gasteiger partial charge >= 0.3 is 0 Å². The lowest BCUT2D eigenvalue weighted by atomic mass is 10.1. The van der Waals surface area contributed by atoms with E-state index in [2.05, 4.69) is 29.0 Å². The third-order valence-electron chi connectivity index (χ3n) is 5.89. The maximum absolute atomic E-state index is 13.2. The summed E-state index contributed by atoms with van der Waals surface area (Å²) in [4.78, 5) is 30.4. The van der Waals surface area contributed by atoms with Crippen molar-refractivity contribution in [1.29, 1.82) is 0 Å². The highest BCUT2D eigenvalue weighted by molar-refractivity contribution is 7.89. The maximum atomic E-state index is 13.2. The summed E-state index contributed by atoms with van der Waals surface area (Å²) in [7, 11) is -3.72. The van der Waals surface area contributed by atoms with E-state index < -0.39 is 21.5 Å². The number of anilines is 1. The molecule has 0 saturated carbocycles. The van der Waals surface area contributed by atoms with Crippen LogP contribution in [0.1, 0.15) is 43.6 Å². The standard InChI is InChI=1S/C25H32N4O4S/c1-5-28(6-2)17-18-10-9-11-19(14-18)26-25(31)22-16-24(30)27-23-13-12-20(15-21(22)23)34(32,33)29(7-3)8-4/h9-16H,5-8,17H2,1-4H3,(H,26,31)(H,27,30). The summed E-state index contributed by atoms with van der Waals surface area (Å²) in [6.45, 7) is 11.0. The van der Waals surface area contributed by atoms with E-state index >= 15 is 0 Å². The Morgan fingerprint density at radius 2 is 1.65 bits per heavy atom. The first-order chi connectivity index (χ1) is 16.2. The fourth-order valence-corrected chi connectivity index (χ4v) is 5.43. The van der Waals surface area contributed by atoms with Crippen molar-refractivity contribution in [2.75, 3.05) is 31.5 Å². The highest BCUT2D eigenvalue weighted by atomic mass is 32.2. The van der Waals surface area contributed by atoms with E-state index in [9.17, 15) is 18.0 Å². The Morgan fingerprint density at radius 1 is 0.941 bits per heavy atom. The second-order valence-corrected chi connectivity index (χ2v) is 9.90. The van der Waals surface area contributed by atoms with Gasteiger partial charge in [0.15, 0.2) is 0 Å². The highest BCUT2D eigenvalue weighted by Gasteiger charge is 2.23. The van der Waals surface area contributed by atoms with Crippen LogP contribution in [0.25, 0.3) is 10.9 Å². The van der Waals surface area contributed by atoms with Crippen LogP contribution in [-0.2, 0) is 16.6 Å². The maximum Gasteiger partial charge on any atom is 0.256 e. The van der Waals surface area contributed by atoms with Gasteiger partial charge in [-0.2, -0.15) is 4.31 Å². The summed E-state index contributed by atoms with van der Waals surface area (Å²) in [6, 6.07) is 13.2. The van der Waals surface area contributed by atoms with Gasteiger partial charge in [-0.1, -0.05) is 39.8 Å². The molecule has 0 aliphatic heterocycles. The third kappa shape index (κ3) is 5.55. The number of carbonyl (C=O) groups excluding carboxylic acids is 1. The van der Waals surface area contributed by atoms with Crippen molar-refractivity contribution >= 4 is 32.5 Å². The molecule has 182 valence electrons. The summed E-state index contributed by atoms with van der Waals surface area (Å²) in [6.07, 6.45) is 0. The van der Waals surface area contributed by atoms with E-state index in [-0.39, 0.29) is 10.5 Å². The molecule has 0 atom stereocenters. The van der Waals surface area contributed by atoms with Crippen molar-refractivity contribution in [1.82, 2.24) is 14.2 Å². The molecule has 0 fully saturated rings. The van der Waals surface area contributed by atoms with Crippen LogP contribution < -0.4 is 10.9 Å². The number of H-pyrrole nitrogens is 1. The van der Waals surface area contributed by atoms with Crippen molar-refractivity contribution in [2.45, 2.75) is 39.1 Å². The van der Waals surface area contributed by atoms with Crippen molar-refractivity contribution in [2.24, 2.45) is 0 Å². The minimum absolute atomic E-state index is 0.0750. The Bertz CT molecular complexity index is 1330. The minimum Gasteiger partial charge on any atom is -0.322 e. The van der Waals surface area contributed by atoms with Gasteiger partial charge in [0.25, 0.3) is 5.91 Å². The van der Waals surface area contributed by atoms with Crippen LogP contribution in [0.4, 0.5) is 5.69 Å². The van der Waals surface area contributed by atoms with E-state index in [1.807, 2.05) is 18.2 Å². The zero-order valence-corrected chi connectivity index (χ0v) is 20.9. The number of nitrogens with zero attached hydrogens (tertiary/aromatic N) is 2. The van der Waals surface area contributed by atoms with Gasteiger partial charge in [0.05, 0.1) is 10.5 Å². The molecule has 0 aliphatic rings. The molecule has 0 radical (unpaired) electrons. The fourth-order valence-electron chi connectivity index (χ4n) is 3.95. The van der Waals surface area contributed by atoms with Gasteiger partial charge < -0.3 is 10.3 Å². The Morgan fingerprint density at radius 3 is 2.29 bits per heavy atom. The van der Waals surface area contributed by atoms with E-state index in [0.717, 1.165) is 25.2 Å². The van der Waals surface area contributed by atoms with Gasteiger partial charge in [-0.25, -0.2) is 8.42 Å². The highest BCUT2D eigenvalue weighted by Crippen LogP contribution is 2.24. The third-order valence-corrected chi connectivity index (χ3v) is 7.93. The molecule has 9 heteroatoms. The van der Waals surface area contributed by atoms with Crippen LogP contribution >= 0.6 is 0 Å². The first-order valence-corrected chi connectivity index (χ1v) is 13.0. The molecule has 0 bridgehead atoms. The second-order valence-electron chi connectivity index (χ2n) is 7.96. The van der Waals surface area contributed by atoms with E-state index in [1.54, 1.807) is 19.9 Å². The number of aromatic nitrogens is 1. The predicted octanol–water partition coefficient (Wildman–Crippen LogP) is 3.65. The number of hydrogen-bond acceptors (Lipinski definition) is 5. The summed E-state index contributed by atoms with van der Waals surface area (Å²) in [5.41, 5.74) is 1.74. The quantitative estimate of drug-likeness (QED) is 0.457. The molecule has 0 saturated heterocycles. The number of benzene rings is 2.